The first-order valence-corrected chi connectivity index (χ1v) is 13.4. The van der Waals surface area contributed by atoms with Crippen molar-refractivity contribution in [3.8, 4) is 11.5 Å². The quantitative estimate of drug-likeness (QED) is 0.462. The number of rotatable bonds is 6. The van der Waals surface area contributed by atoms with Crippen LogP contribution in [0.25, 0.3) is 0 Å². The monoisotopic (exact) mass is 607 g/mol. The summed E-state index contributed by atoms with van der Waals surface area (Å²) in [5.41, 5.74) is 1.33. The number of piperazine rings is 1. The highest BCUT2D eigenvalue weighted by atomic mass is 79.9. The molecule has 0 spiro atoms. The number of nitrogens with zero attached hydrogens (tertiary/aromatic N) is 3. The van der Waals surface area contributed by atoms with Crippen molar-refractivity contribution in [1.82, 2.24) is 9.21 Å². The molecule has 0 saturated carbocycles. The number of amides is 1. The first-order valence-electron chi connectivity index (χ1n) is 11.2. The van der Waals surface area contributed by atoms with Crippen LogP contribution in [0.4, 0.5) is 5.69 Å². The molecule has 3 heterocycles. The minimum Gasteiger partial charge on any atom is -0.486 e. The zero-order valence-electron chi connectivity index (χ0n) is 19.0. The molecule has 8 nitrogen and oxygen atoms in total. The maximum absolute atomic E-state index is 12.7. The lowest BCUT2D eigenvalue weighted by Gasteiger charge is -2.37. The van der Waals surface area contributed by atoms with Crippen LogP contribution in [0.3, 0.4) is 0 Å². The number of sulfonamides is 1. The number of hydrogen-bond donors (Lipinski definition) is 0. The Morgan fingerprint density at radius 2 is 1.60 bits per heavy atom. The highest BCUT2D eigenvalue weighted by Crippen LogP contribution is 2.42. The molecule has 0 aromatic heterocycles. The maximum atomic E-state index is 12.7. The normalized spacial score (nSPS) is 18.5. The van der Waals surface area contributed by atoms with Gasteiger partial charge in [0.2, 0.25) is 0 Å². The molecule has 0 atom stereocenters. The van der Waals surface area contributed by atoms with Gasteiger partial charge >= 0.3 is 0 Å². The van der Waals surface area contributed by atoms with Crippen molar-refractivity contribution in [2.75, 3.05) is 57.4 Å². The van der Waals surface area contributed by atoms with Crippen LogP contribution in [0.2, 0.25) is 0 Å². The van der Waals surface area contributed by atoms with E-state index in [1.165, 1.54) is 6.07 Å². The fourth-order valence-corrected chi connectivity index (χ4v) is 6.62. The molecule has 0 unspecified atom stereocenters. The van der Waals surface area contributed by atoms with Gasteiger partial charge in [0.15, 0.2) is 11.5 Å². The molecule has 1 fully saturated rings. The van der Waals surface area contributed by atoms with Gasteiger partial charge in [-0.1, -0.05) is 28.1 Å². The molecule has 3 aliphatic rings. The predicted octanol–water partition coefficient (Wildman–Crippen LogP) is 3.81. The van der Waals surface area contributed by atoms with Gasteiger partial charge in [-0.25, -0.2) is 12.7 Å². The largest absolute Gasteiger partial charge is 0.486 e. The van der Waals surface area contributed by atoms with Gasteiger partial charge in [0.1, 0.15) is 18.1 Å². The van der Waals surface area contributed by atoms with E-state index < -0.39 is 15.9 Å². The van der Waals surface area contributed by atoms with E-state index in [0.717, 1.165) is 65.1 Å². The summed E-state index contributed by atoms with van der Waals surface area (Å²) in [7, 11) is -3.71. The van der Waals surface area contributed by atoms with Crippen LogP contribution < -0.4 is 14.4 Å². The average Bonchev–Trinajstić information content (AvgIpc) is 3.02. The summed E-state index contributed by atoms with van der Waals surface area (Å²) < 4.78 is 38.9. The van der Waals surface area contributed by atoms with E-state index in [2.05, 4.69) is 31.8 Å². The molecule has 2 aromatic rings. The van der Waals surface area contributed by atoms with Crippen molar-refractivity contribution in [3.63, 3.8) is 0 Å². The highest BCUT2D eigenvalue weighted by molar-refractivity contribution is 9.10. The van der Waals surface area contributed by atoms with Crippen molar-refractivity contribution in [3.05, 3.63) is 46.4 Å². The molecule has 5 rings (SSSR count). The predicted molar refractivity (Wildman–Crippen MR) is 142 cm³/mol. The van der Waals surface area contributed by atoms with Gasteiger partial charge in [0.25, 0.3) is 15.9 Å². The summed E-state index contributed by atoms with van der Waals surface area (Å²) in [6, 6.07) is 10.4. The van der Waals surface area contributed by atoms with Crippen molar-refractivity contribution in [2.24, 2.45) is 0 Å². The standard InChI is InChI=1S/C23H26BrN3O5S.2ClH/c24-17-15-19(22-20(16-17)31-13-14-32-22)26-11-9-25(10-12-26)7-3-4-8-27-23(28)18-5-1-2-6-21(18)33(27,29)30;;/h1-2,5-6,15-16H,3-4,7-14H2;2*1H. The van der Waals surface area contributed by atoms with E-state index in [1.54, 1.807) is 18.2 Å². The topological polar surface area (TPSA) is 79.4 Å². The van der Waals surface area contributed by atoms with Gasteiger partial charge < -0.3 is 14.4 Å². The van der Waals surface area contributed by atoms with Crippen molar-refractivity contribution in [2.45, 2.75) is 17.7 Å². The Balaban J connectivity index is 0.00000171. The van der Waals surface area contributed by atoms with Crippen LogP contribution in [0.15, 0.2) is 45.8 Å². The van der Waals surface area contributed by atoms with E-state index in [4.69, 9.17) is 9.47 Å². The number of carbonyl (C=O) groups excluding carboxylic acids is 1. The van der Waals surface area contributed by atoms with Gasteiger partial charge in [-0.2, -0.15) is 0 Å². The van der Waals surface area contributed by atoms with Gasteiger partial charge in [0.05, 0.1) is 11.3 Å². The number of fused-ring (bicyclic) bond motifs is 2. The molecule has 0 aliphatic carbocycles. The Hall–Kier alpha value is -1.72. The molecule has 0 radical (unpaired) electrons. The lowest BCUT2D eigenvalue weighted by molar-refractivity contribution is 0.0868. The molecule has 1 amide bonds. The Morgan fingerprint density at radius 3 is 2.34 bits per heavy atom. The van der Waals surface area contributed by atoms with Gasteiger partial charge in [-0.05, 0) is 43.7 Å². The van der Waals surface area contributed by atoms with E-state index in [0.29, 0.717) is 19.6 Å². The second kappa shape index (κ2) is 11.6. The molecular weight excluding hydrogens is 581 g/mol. The van der Waals surface area contributed by atoms with E-state index in [9.17, 15) is 13.2 Å². The van der Waals surface area contributed by atoms with E-state index in [1.807, 2.05) is 6.07 Å². The lowest BCUT2D eigenvalue weighted by Crippen LogP contribution is -2.47. The van der Waals surface area contributed by atoms with E-state index >= 15 is 0 Å². The van der Waals surface area contributed by atoms with Crippen LogP contribution >= 0.6 is 40.7 Å². The molecule has 192 valence electrons. The van der Waals surface area contributed by atoms with Crippen LogP contribution in [0.5, 0.6) is 11.5 Å². The molecule has 0 bridgehead atoms. The summed E-state index contributed by atoms with van der Waals surface area (Å²) in [6.07, 6.45) is 1.47. The number of benzene rings is 2. The van der Waals surface area contributed by atoms with Gasteiger partial charge in [-0.15, -0.1) is 24.8 Å². The lowest BCUT2D eigenvalue weighted by atomic mass is 10.2. The molecule has 3 aliphatic heterocycles. The third-order valence-electron chi connectivity index (χ3n) is 6.30. The van der Waals surface area contributed by atoms with Crippen LogP contribution in [-0.2, 0) is 10.0 Å². The molecule has 0 N–H and O–H groups in total. The number of carbonyl (C=O) groups is 1. The Labute approximate surface area is 226 Å². The fraction of sp³-hybridized carbons (Fsp3) is 0.435. The third-order valence-corrected chi connectivity index (χ3v) is 8.60. The maximum Gasteiger partial charge on any atom is 0.269 e. The van der Waals surface area contributed by atoms with Crippen molar-refractivity contribution >= 4 is 62.4 Å². The number of anilines is 1. The first-order chi connectivity index (χ1) is 15.9. The van der Waals surface area contributed by atoms with Crippen LogP contribution in [-0.4, -0.2) is 76.0 Å². The Bertz CT molecular complexity index is 1180. The number of halogens is 3. The smallest absolute Gasteiger partial charge is 0.269 e. The Kier molecular flexibility index (Phi) is 9.20. The molecule has 1 saturated heterocycles. The Morgan fingerprint density at radius 1 is 0.914 bits per heavy atom. The molecular formula is C23H28BrCl2N3O5S. The summed E-state index contributed by atoms with van der Waals surface area (Å²) in [5.74, 6) is 1.18. The van der Waals surface area contributed by atoms with Gasteiger partial charge in [-0.3, -0.25) is 9.69 Å². The summed E-state index contributed by atoms with van der Waals surface area (Å²) in [4.78, 5) is 17.3. The third kappa shape index (κ3) is 5.51. The number of ether oxygens (including phenoxy) is 2. The molecule has 2 aromatic carbocycles. The minimum absolute atomic E-state index is 0. The second-order valence-corrected chi connectivity index (χ2v) is 11.1. The first kappa shape index (κ1) is 27.9. The number of unbranched alkanes of at least 4 members (excludes halogenated alkanes) is 1. The summed E-state index contributed by atoms with van der Waals surface area (Å²) >= 11 is 3.57. The molecule has 35 heavy (non-hydrogen) atoms. The second-order valence-electron chi connectivity index (χ2n) is 8.36. The average molecular weight is 609 g/mol. The van der Waals surface area contributed by atoms with Crippen molar-refractivity contribution < 1.29 is 22.7 Å². The van der Waals surface area contributed by atoms with Crippen molar-refractivity contribution in [1.29, 1.82) is 0 Å². The highest BCUT2D eigenvalue weighted by Gasteiger charge is 2.40. The summed E-state index contributed by atoms with van der Waals surface area (Å²) in [6.45, 7) is 5.79. The number of hydrogen-bond acceptors (Lipinski definition) is 7. The van der Waals surface area contributed by atoms with E-state index in [-0.39, 0.29) is 41.8 Å². The summed E-state index contributed by atoms with van der Waals surface area (Å²) in [5, 5.41) is 0. The van der Waals surface area contributed by atoms with Crippen LogP contribution in [0, 0.1) is 0 Å². The zero-order valence-corrected chi connectivity index (χ0v) is 23.1. The van der Waals surface area contributed by atoms with Crippen LogP contribution in [0.1, 0.15) is 23.2 Å². The zero-order chi connectivity index (χ0) is 23.0. The fourth-order valence-electron chi connectivity index (χ4n) is 4.59. The van der Waals surface area contributed by atoms with Gasteiger partial charge in [0, 0.05) is 37.2 Å². The SMILES string of the molecule is Cl.Cl.O=C1c2ccccc2S(=O)(=O)N1CCCCN1CCN(c2cc(Br)cc3c2OCCO3)CC1. The minimum atomic E-state index is -3.71. The molecule has 12 heteroatoms.